The first kappa shape index (κ1) is 33.2. The Kier molecular flexibility index (Phi) is 10.7. The van der Waals surface area contributed by atoms with Crippen molar-refractivity contribution in [2.75, 3.05) is 0 Å². The molecular weight excluding hydrogens is 568 g/mol. The molecule has 2 fully saturated rings. The van der Waals surface area contributed by atoms with Gasteiger partial charge >= 0.3 is 6.18 Å². The SMILES string of the molecule is CC(C)c1cc(C(C)C)c(-c2ccccc2P(C2CCCCC2)C2CCCCC2)c(C(C)C)c1-c1ccc(C(F)(F)F)cc1. The fourth-order valence-electron chi connectivity index (χ4n) is 8.00. The van der Waals surface area contributed by atoms with E-state index in [0.29, 0.717) is 5.92 Å². The van der Waals surface area contributed by atoms with Gasteiger partial charge in [-0.25, -0.2) is 0 Å². The Balaban J connectivity index is 1.80. The number of benzene rings is 3. The quantitative estimate of drug-likeness (QED) is 0.220. The molecule has 0 bridgehead atoms. The monoisotopic (exact) mass is 620 g/mol. The molecule has 0 amide bonds. The van der Waals surface area contributed by atoms with Gasteiger partial charge in [-0.15, -0.1) is 0 Å². The third-order valence-electron chi connectivity index (χ3n) is 10.1. The summed E-state index contributed by atoms with van der Waals surface area (Å²) in [5.41, 5.74) is 9.67. The topological polar surface area (TPSA) is 0 Å². The van der Waals surface area contributed by atoms with E-state index in [2.05, 4.69) is 71.9 Å². The zero-order valence-electron chi connectivity index (χ0n) is 27.7. The van der Waals surface area contributed by atoms with Crippen LogP contribution >= 0.6 is 7.92 Å². The smallest absolute Gasteiger partial charge is 0.166 e. The molecule has 0 N–H and O–H groups in total. The van der Waals surface area contributed by atoms with E-state index in [-0.39, 0.29) is 19.8 Å². The standard InChI is InChI=1S/C40H52F3P/c1-26(2)34-25-35(27(3)4)39(37(28(5)6)38(34)29-21-23-30(24-22-29)40(41,42)43)33-19-13-14-20-36(33)44(31-15-9-7-10-16-31)32-17-11-8-12-18-32/h13-14,19-28,31-32H,7-12,15-18H2,1-6H3. The molecule has 0 nitrogen and oxygen atoms in total. The van der Waals surface area contributed by atoms with Gasteiger partial charge in [0.1, 0.15) is 0 Å². The van der Waals surface area contributed by atoms with Gasteiger partial charge in [0.05, 0.1) is 5.56 Å². The fourth-order valence-corrected chi connectivity index (χ4v) is 12.0. The number of rotatable bonds is 8. The Labute approximate surface area is 266 Å². The van der Waals surface area contributed by atoms with Gasteiger partial charge in [-0.2, -0.15) is 13.2 Å². The van der Waals surface area contributed by atoms with E-state index >= 15 is 0 Å². The highest BCUT2D eigenvalue weighted by atomic mass is 31.1. The lowest BCUT2D eigenvalue weighted by Crippen LogP contribution is -2.27. The molecule has 0 heterocycles. The van der Waals surface area contributed by atoms with Crippen LogP contribution in [0.1, 0.15) is 146 Å². The van der Waals surface area contributed by atoms with Crippen molar-refractivity contribution in [1.29, 1.82) is 0 Å². The predicted molar refractivity (Wildman–Crippen MR) is 185 cm³/mol. The normalized spacial score (nSPS) is 17.4. The van der Waals surface area contributed by atoms with Crippen LogP contribution in [0.25, 0.3) is 22.3 Å². The second-order valence-electron chi connectivity index (χ2n) is 14.3. The third kappa shape index (κ3) is 6.99. The Morgan fingerprint density at radius 3 is 1.59 bits per heavy atom. The average molecular weight is 621 g/mol. The van der Waals surface area contributed by atoms with E-state index in [9.17, 15) is 13.2 Å². The lowest BCUT2D eigenvalue weighted by atomic mass is 9.76. The van der Waals surface area contributed by atoms with Gasteiger partial charge in [0, 0.05) is 0 Å². The molecule has 0 aromatic heterocycles. The summed E-state index contributed by atoms with van der Waals surface area (Å²) in [6.45, 7) is 13.6. The first-order valence-electron chi connectivity index (χ1n) is 17.2. The van der Waals surface area contributed by atoms with Gasteiger partial charge in [-0.3, -0.25) is 0 Å². The van der Waals surface area contributed by atoms with Crippen molar-refractivity contribution >= 4 is 13.2 Å². The molecule has 4 heteroatoms. The summed E-state index contributed by atoms with van der Waals surface area (Å²) in [5.74, 6) is 0.778. The van der Waals surface area contributed by atoms with Gasteiger partial charge < -0.3 is 0 Å². The maximum Gasteiger partial charge on any atom is 0.416 e. The Hall–Kier alpha value is -2.12. The van der Waals surface area contributed by atoms with E-state index in [1.807, 2.05) is 0 Å². The molecule has 0 spiro atoms. The molecule has 0 aliphatic heterocycles. The summed E-state index contributed by atoms with van der Waals surface area (Å²) in [7, 11) is -0.326. The lowest BCUT2D eigenvalue weighted by Gasteiger charge is -2.40. The molecule has 5 rings (SSSR count). The molecule has 0 unspecified atom stereocenters. The molecule has 2 aliphatic carbocycles. The highest BCUT2D eigenvalue weighted by Crippen LogP contribution is 2.57. The van der Waals surface area contributed by atoms with Crippen molar-refractivity contribution in [1.82, 2.24) is 0 Å². The van der Waals surface area contributed by atoms with Crippen LogP contribution in [-0.4, -0.2) is 11.3 Å². The van der Waals surface area contributed by atoms with E-state index in [1.165, 1.54) is 104 Å². The molecule has 2 aliphatic rings. The van der Waals surface area contributed by atoms with Crippen LogP contribution in [0.15, 0.2) is 54.6 Å². The van der Waals surface area contributed by atoms with E-state index in [4.69, 9.17) is 0 Å². The average Bonchev–Trinajstić information content (AvgIpc) is 3.01. The van der Waals surface area contributed by atoms with E-state index < -0.39 is 11.7 Å². The first-order valence-corrected chi connectivity index (χ1v) is 18.7. The van der Waals surface area contributed by atoms with Gasteiger partial charge in [-0.1, -0.05) is 130 Å². The minimum absolute atomic E-state index is 0.210. The molecular formula is C40H52F3P. The second kappa shape index (κ2) is 14.1. The van der Waals surface area contributed by atoms with Crippen molar-refractivity contribution in [3.05, 3.63) is 76.9 Å². The zero-order valence-corrected chi connectivity index (χ0v) is 28.6. The highest BCUT2D eigenvalue weighted by Gasteiger charge is 2.35. The highest BCUT2D eigenvalue weighted by molar-refractivity contribution is 7.67. The Morgan fingerprint density at radius 2 is 1.11 bits per heavy atom. The van der Waals surface area contributed by atoms with Crippen molar-refractivity contribution in [3.63, 3.8) is 0 Å². The van der Waals surface area contributed by atoms with Crippen LogP contribution in [0.3, 0.4) is 0 Å². The van der Waals surface area contributed by atoms with Crippen LogP contribution in [0.2, 0.25) is 0 Å². The summed E-state index contributed by atoms with van der Waals surface area (Å²) in [5, 5.41) is 1.58. The van der Waals surface area contributed by atoms with Crippen molar-refractivity contribution in [2.45, 2.75) is 141 Å². The van der Waals surface area contributed by atoms with Gasteiger partial charge in [0.25, 0.3) is 0 Å². The maximum absolute atomic E-state index is 13.6. The van der Waals surface area contributed by atoms with E-state index in [1.54, 1.807) is 17.4 Å². The van der Waals surface area contributed by atoms with Gasteiger partial charge in [0.15, 0.2) is 0 Å². The minimum Gasteiger partial charge on any atom is -0.166 e. The molecule has 238 valence electrons. The van der Waals surface area contributed by atoms with Gasteiger partial charge in [-0.05, 0) is 111 Å². The molecule has 0 radical (unpaired) electrons. The van der Waals surface area contributed by atoms with Crippen LogP contribution in [0.4, 0.5) is 13.2 Å². The molecule has 44 heavy (non-hydrogen) atoms. The summed E-state index contributed by atoms with van der Waals surface area (Å²) in [6.07, 6.45) is 9.23. The second-order valence-corrected chi connectivity index (χ2v) is 17.0. The zero-order chi connectivity index (χ0) is 31.6. The molecule has 3 aromatic carbocycles. The van der Waals surface area contributed by atoms with Crippen LogP contribution < -0.4 is 5.30 Å². The lowest BCUT2D eigenvalue weighted by molar-refractivity contribution is -0.137. The fraction of sp³-hybridized carbons (Fsp3) is 0.550. The molecule has 3 aromatic rings. The van der Waals surface area contributed by atoms with E-state index in [0.717, 1.165) is 22.4 Å². The molecule has 2 saturated carbocycles. The molecule has 0 atom stereocenters. The summed E-state index contributed by atoms with van der Waals surface area (Å²) in [6, 6.07) is 17.7. The van der Waals surface area contributed by atoms with Gasteiger partial charge in [0.2, 0.25) is 0 Å². The van der Waals surface area contributed by atoms with Crippen molar-refractivity contribution in [2.24, 2.45) is 0 Å². The summed E-state index contributed by atoms with van der Waals surface area (Å²) >= 11 is 0. The molecule has 0 saturated heterocycles. The summed E-state index contributed by atoms with van der Waals surface area (Å²) in [4.78, 5) is 0. The predicted octanol–water partition coefficient (Wildman–Crippen LogP) is 13.2. The van der Waals surface area contributed by atoms with Crippen LogP contribution in [0.5, 0.6) is 0 Å². The number of halogens is 3. The number of alkyl halides is 3. The van der Waals surface area contributed by atoms with Crippen molar-refractivity contribution in [3.8, 4) is 22.3 Å². The first-order chi connectivity index (χ1) is 21.0. The summed E-state index contributed by atoms with van der Waals surface area (Å²) < 4.78 is 40.8. The Bertz CT molecular complexity index is 1370. The number of hydrogen-bond donors (Lipinski definition) is 0. The largest absolute Gasteiger partial charge is 0.416 e. The third-order valence-corrected chi connectivity index (χ3v) is 13.7. The Morgan fingerprint density at radius 1 is 0.614 bits per heavy atom. The van der Waals surface area contributed by atoms with Crippen LogP contribution in [-0.2, 0) is 6.18 Å². The minimum atomic E-state index is -4.35. The number of hydrogen-bond acceptors (Lipinski definition) is 0. The maximum atomic E-state index is 13.6. The van der Waals surface area contributed by atoms with Crippen LogP contribution in [0, 0.1) is 0 Å². The van der Waals surface area contributed by atoms with Crippen molar-refractivity contribution < 1.29 is 13.2 Å².